The zero-order valence-electron chi connectivity index (χ0n) is 11.3. The number of carbonyl (C=O) groups excluding carboxylic acids is 1. The number of nitrogens with two attached hydrogens (primary N) is 1. The van der Waals surface area contributed by atoms with Crippen molar-refractivity contribution in [3.05, 3.63) is 35.4 Å². The smallest absolute Gasteiger partial charge is 0.307 e. The SMILES string of the molecule is CCCCc1ccc(C(N)CC(=O)OCC)cc1. The maximum absolute atomic E-state index is 11.3. The second-order valence-electron chi connectivity index (χ2n) is 4.46. The standard InChI is InChI=1S/C15H23NO2/c1-3-5-6-12-7-9-13(10-8-12)14(16)11-15(17)18-4-2/h7-10,14H,3-6,11,16H2,1-2H3. The van der Waals surface area contributed by atoms with Crippen molar-refractivity contribution in [1.82, 2.24) is 0 Å². The number of aryl methyl sites for hydroxylation is 1. The lowest BCUT2D eigenvalue weighted by molar-refractivity contribution is -0.143. The lowest BCUT2D eigenvalue weighted by atomic mass is 10.0. The number of hydrogen-bond acceptors (Lipinski definition) is 3. The maximum atomic E-state index is 11.3. The Bertz CT molecular complexity index is 359. The Kier molecular flexibility index (Phi) is 6.44. The number of rotatable bonds is 7. The van der Waals surface area contributed by atoms with E-state index in [1.165, 1.54) is 18.4 Å². The molecule has 3 nitrogen and oxygen atoms in total. The van der Waals surface area contributed by atoms with Gasteiger partial charge in [-0.2, -0.15) is 0 Å². The van der Waals surface area contributed by atoms with E-state index in [-0.39, 0.29) is 18.4 Å². The van der Waals surface area contributed by atoms with Crippen molar-refractivity contribution in [1.29, 1.82) is 0 Å². The van der Waals surface area contributed by atoms with Gasteiger partial charge in [-0.1, -0.05) is 37.6 Å². The molecular weight excluding hydrogens is 226 g/mol. The minimum absolute atomic E-state index is 0.236. The van der Waals surface area contributed by atoms with Crippen molar-refractivity contribution >= 4 is 5.97 Å². The van der Waals surface area contributed by atoms with Crippen LogP contribution in [0.4, 0.5) is 0 Å². The summed E-state index contributed by atoms with van der Waals surface area (Å²) in [5.74, 6) is -0.236. The molecule has 0 aliphatic rings. The molecule has 100 valence electrons. The van der Waals surface area contributed by atoms with Crippen molar-refractivity contribution in [3.8, 4) is 0 Å². The Morgan fingerprint density at radius 1 is 1.28 bits per heavy atom. The minimum atomic E-state index is -0.274. The Hall–Kier alpha value is -1.35. The first-order valence-corrected chi connectivity index (χ1v) is 6.67. The van der Waals surface area contributed by atoms with E-state index < -0.39 is 0 Å². The molecule has 0 aliphatic heterocycles. The third kappa shape index (κ3) is 4.88. The molecule has 0 aromatic heterocycles. The van der Waals surface area contributed by atoms with Crippen LogP contribution in [0.5, 0.6) is 0 Å². The summed E-state index contributed by atoms with van der Waals surface area (Å²) in [6, 6.07) is 7.93. The largest absolute Gasteiger partial charge is 0.466 e. The van der Waals surface area contributed by atoms with Crippen LogP contribution < -0.4 is 5.73 Å². The third-order valence-corrected chi connectivity index (χ3v) is 2.92. The van der Waals surface area contributed by atoms with E-state index in [1.54, 1.807) is 6.92 Å². The summed E-state index contributed by atoms with van der Waals surface area (Å²) in [6.45, 7) is 4.39. The highest BCUT2D eigenvalue weighted by Gasteiger charge is 2.12. The van der Waals surface area contributed by atoms with Crippen LogP contribution in [-0.2, 0) is 16.0 Å². The summed E-state index contributed by atoms with van der Waals surface area (Å²) >= 11 is 0. The van der Waals surface area contributed by atoms with E-state index in [0.717, 1.165) is 12.0 Å². The monoisotopic (exact) mass is 249 g/mol. The van der Waals surface area contributed by atoms with E-state index in [2.05, 4.69) is 19.1 Å². The molecule has 0 heterocycles. The number of benzene rings is 1. The van der Waals surface area contributed by atoms with Crippen LogP contribution in [0, 0.1) is 0 Å². The summed E-state index contributed by atoms with van der Waals surface area (Å²) in [6.07, 6.45) is 3.74. The van der Waals surface area contributed by atoms with Gasteiger partial charge in [-0.15, -0.1) is 0 Å². The molecule has 1 aromatic rings. The molecule has 3 heteroatoms. The van der Waals surface area contributed by atoms with Crippen molar-refractivity contribution in [3.63, 3.8) is 0 Å². The van der Waals surface area contributed by atoms with E-state index >= 15 is 0 Å². The topological polar surface area (TPSA) is 52.3 Å². The average molecular weight is 249 g/mol. The zero-order valence-corrected chi connectivity index (χ0v) is 11.3. The quantitative estimate of drug-likeness (QED) is 0.756. The van der Waals surface area contributed by atoms with Gasteiger partial charge in [-0.25, -0.2) is 0 Å². The van der Waals surface area contributed by atoms with Crippen molar-refractivity contribution in [2.75, 3.05) is 6.61 Å². The van der Waals surface area contributed by atoms with Gasteiger partial charge >= 0.3 is 5.97 Å². The van der Waals surface area contributed by atoms with Crippen LogP contribution in [0.25, 0.3) is 0 Å². The molecule has 2 N–H and O–H groups in total. The van der Waals surface area contributed by atoms with E-state index in [0.29, 0.717) is 6.61 Å². The van der Waals surface area contributed by atoms with E-state index in [1.807, 2.05) is 12.1 Å². The first-order valence-electron chi connectivity index (χ1n) is 6.67. The highest BCUT2D eigenvalue weighted by Crippen LogP contribution is 2.16. The summed E-state index contributed by atoms with van der Waals surface area (Å²) < 4.78 is 4.89. The van der Waals surface area contributed by atoms with E-state index in [9.17, 15) is 4.79 Å². The first kappa shape index (κ1) is 14.7. The molecular formula is C15H23NO2. The van der Waals surface area contributed by atoms with Crippen LogP contribution in [0.3, 0.4) is 0 Å². The van der Waals surface area contributed by atoms with Gasteiger partial charge in [0.1, 0.15) is 0 Å². The van der Waals surface area contributed by atoms with Crippen LogP contribution in [-0.4, -0.2) is 12.6 Å². The molecule has 1 unspecified atom stereocenters. The third-order valence-electron chi connectivity index (χ3n) is 2.92. The summed E-state index contributed by atoms with van der Waals surface area (Å²) in [7, 11) is 0. The summed E-state index contributed by atoms with van der Waals surface area (Å²) in [4.78, 5) is 11.3. The lowest BCUT2D eigenvalue weighted by Gasteiger charge is -2.11. The van der Waals surface area contributed by atoms with Crippen LogP contribution in [0.2, 0.25) is 0 Å². The predicted octanol–water partition coefficient (Wildman–Crippen LogP) is 2.98. The second kappa shape index (κ2) is 7.88. The summed E-state index contributed by atoms with van der Waals surface area (Å²) in [5.41, 5.74) is 8.29. The van der Waals surface area contributed by atoms with Gasteiger partial charge < -0.3 is 10.5 Å². The predicted molar refractivity (Wildman–Crippen MR) is 73.2 cm³/mol. The molecule has 0 aliphatic carbocycles. The Morgan fingerprint density at radius 3 is 2.50 bits per heavy atom. The minimum Gasteiger partial charge on any atom is -0.466 e. The number of carbonyl (C=O) groups is 1. The molecule has 0 amide bonds. The van der Waals surface area contributed by atoms with Crippen molar-refractivity contribution in [2.45, 2.75) is 45.6 Å². The Morgan fingerprint density at radius 2 is 1.94 bits per heavy atom. The second-order valence-corrected chi connectivity index (χ2v) is 4.46. The molecule has 0 bridgehead atoms. The Labute approximate surface area is 109 Å². The van der Waals surface area contributed by atoms with E-state index in [4.69, 9.17) is 10.5 Å². The zero-order chi connectivity index (χ0) is 13.4. The molecule has 0 saturated carbocycles. The first-order chi connectivity index (χ1) is 8.67. The fourth-order valence-corrected chi connectivity index (χ4v) is 1.83. The number of unbranched alkanes of at least 4 members (excludes halogenated alkanes) is 1. The molecule has 0 radical (unpaired) electrons. The Balaban J connectivity index is 2.53. The van der Waals surface area contributed by atoms with Gasteiger partial charge in [0.15, 0.2) is 0 Å². The highest BCUT2D eigenvalue weighted by atomic mass is 16.5. The maximum Gasteiger partial charge on any atom is 0.307 e. The van der Waals surface area contributed by atoms with Crippen molar-refractivity contribution in [2.24, 2.45) is 5.73 Å². The highest BCUT2D eigenvalue weighted by molar-refractivity contribution is 5.70. The number of hydrogen-bond donors (Lipinski definition) is 1. The van der Waals surface area contributed by atoms with Gasteiger partial charge in [0.05, 0.1) is 13.0 Å². The molecule has 0 fully saturated rings. The molecule has 1 rings (SSSR count). The van der Waals surface area contributed by atoms with Crippen LogP contribution in [0.1, 0.15) is 50.3 Å². The lowest BCUT2D eigenvalue weighted by Crippen LogP contribution is -2.17. The van der Waals surface area contributed by atoms with Gasteiger partial charge in [0, 0.05) is 6.04 Å². The van der Waals surface area contributed by atoms with Crippen LogP contribution in [0.15, 0.2) is 24.3 Å². The fraction of sp³-hybridized carbons (Fsp3) is 0.533. The van der Waals surface area contributed by atoms with Crippen molar-refractivity contribution < 1.29 is 9.53 Å². The fourth-order valence-electron chi connectivity index (χ4n) is 1.83. The molecule has 18 heavy (non-hydrogen) atoms. The van der Waals surface area contributed by atoms with Gasteiger partial charge in [0.2, 0.25) is 0 Å². The molecule has 0 saturated heterocycles. The number of ether oxygens (including phenoxy) is 1. The van der Waals surface area contributed by atoms with Gasteiger partial charge in [-0.05, 0) is 30.9 Å². The summed E-state index contributed by atoms with van der Waals surface area (Å²) in [5, 5.41) is 0. The van der Waals surface area contributed by atoms with Gasteiger partial charge in [0.25, 0.3) is 0 Å². The van der Waals surface area contributed by atoms with Crippen LogP contribution >= 0.6 is 0 Å². The number of esters is 1. The normalized spacial score (nSPS) is 12.2. The molecule has 0 spiro atoms. The average Bonchev–Trinajstić information content (AvgIpc) is 2.37. The molecule has 1 aromatic carbocycles. The molecule has 1 atom stereocenters. The van der Waals surface area contributed by atoms with Gasteiger partial charge in [-0.3, -0.25) is 4.79 Å².